The van der Waals surface area contributed by atoms with Gasteiger partial charge in [0.1, 0.15) is 12.7 Å². The van der Waals surface area contributed by atoms with Gasteiger partial charge in [0.05, 0.1) is 5.52 Å². The Labute approximate surface area is 103 Å². The number of pyridine rings is 1. The zero-order valence-corrected chi connectivity index (χ0v) is 9.89. The molecule has 0 atom stereocenters. The number of hydrogen-bond acceptors (Lipinski definition) is 3. The van der Waals surface area contributed by atoms with Gasteiger partial charge in [0.2, 0.25) is 0 Å². The first kappa shape index (κ1) is 10.2. The molecule has 0 bridgehead atoms. The molecule has 0 aliphatic heterocycles. The summed E-state index contributed by atoms with van der Waals surface area (Å²) in [6, 6.07) is 7.73. The third kappa shape index (κ3) is 1.76. The monoisotopic (exact) mass is 244 g/mol. The Morgan fingerprint density at radius 1 is 1.24 bits per heavy atom. The number of hydrogen-bond donors (Lipinski definition) is 0. The van der Waals surface area contributed by atoms with Crippen LogP contribution in [0.3, 0.4) is 0 Å². The van der Waals surface area contributed by atoms with Crippen molar-refractivity contribution in [2.45, 2.75) is 6.92 Å². The van der Waals surface area contributed by atoms with Gasteiger partial charge in [-0.3, -0.25) is 0 Å². The predicted octanol–water partition coefficient (Wildman–Crippen LogP) is 2.78. The summed E-state index contributed by atoms with van der Waals surface area (Å²) in [6.45, 7) is 2.00. The average molecular weight is 245 g/mol. The molecule has 0 saturated heterocycles. The van der Waals surface area contributed by atoms with Gasteiger partial charge in [-0.25, -0.2) is 14.6 Å². The Morgan fingerprint density at radius 3 is 2.88 bits per heavy atom. The predicted molar refractivity (Wildman–Crippen MR) is 66.4 cm³/mol. The fraction of sp³-hybridized carbons (Fsp3) is 0.0833. The van der Waals surface area contributed by atoms with Crippen LogP contribution in [0.4, 0.5) is 0 Å². The van der Waals surface area contributed by atoms with Crippen molar-refractivity contribution >= 4 is 22.5 Å². The van der Waals surface area contributed by atoms with Gasteiger partial charge < -0.3 is 0 Å². The van der Waals surface area contributed by atoms with Crippen LogP contribution < -0.4 is 0 Å². The maximum atomic E-state index is 5.96. The molecule has 5 heteroatoms. The summed E-state index contributed by atoms with van der Waals surface area (Å²) < 4.78 is 1.65. The highest BCUT2D eigenvalue weighted by atomic mass is 35.5. The van der Waals surface area contributed by atoms with Crippen LogP contribution in [0, 0.1) is 6.92 Å². The molecule has 0 N–H and O–H groups in total. The van der Waals surface area contributed by atoms with Crippen molar-refractivity contribution in [2.24, 2.45) is 0 Å². The van der Waals surface area contributed by atoms with E-state index < -0.39 is 0 Å². The maximum Gasteiger partial charge on any atom is 0.158 e. The van der Waals surface area contributed by atoms with E-state index >= 15 is 0 Å². The highest BCUT2D eigenvalue weighted by Gasteiger charge is 2.06. The van der Waals surface area contributed by atoms with Crippen LogP contribution >= 0.6 is 11.6 Å². The quantitative estimate of drug-likeness (QED) is 0.661. The Hall–Kier alpha value is -1.94. The number of nitrogens with zero attached hydrogens (tertiary/aromatic N) is 4. The molecule has 0 radical (unpaired) electrons. The molecule has 4 nitrogen and oxygen atoms in total. The molecule has 84 valence electrons. The zero-order valence-electron chi connectivity index (χ0n) is 9.13. The van der Waals surface area contributed by atoms with Crippen LogP contribution in [0.5, 0.6) is 0 Å². The van der Waals surface area contributed by atoms with Gasteiger partial charge in [-0.2, -0.15) is 5.10 Å². The van der Waals surface area contributed by atoms with Gasteiger partial charge in [0.25, 0.3) is 0 Å². The lowest BCUT2D eigenvalue weighted by Crippen LogP contribution is -2.01. The van der Waals surface area contributed by atoms with Crippen molar-refractivity contribution in [3.8, 4) is 5.82 Å². The molecule has 1 aromatic carbocycles. The van der Waals surface area contributed by atoms with E-state index in [9.17, 15) is 0 Å². The number of fused-ring (bicyclic) bond motifs is 1. The topological polar surface area (TPSA) is 43.6 Å². The van der Waals surface area contributed by atoms with Crippen LogP contribution in [0.1, 0.15) is 5.56 Å². The molecular weight excluding hydrogens is 236 g/mol. The molecule has 0 spiro atoms. The number of halogens is 1. The zero-order chi connectivity index (χ0) is 11.8. The lowest BCUT2D eigenvalue weighted by atomic mass is 10.1. The lowest BCUT2D eigenvalue weighted by Gasteiger charge is -2.06. The van der Waals surface area contributed by atoms with Crippen molar-refractivity contribution in [3.63, 3.8) is 0 Å². The molecule has 0 aliphatic rings. The SMILES string of the molecule is Cc1cc2ccc(Cl)cc2nc1-n1cncn1. The van der Waals surface area contributed by atoms with E-state index in [0.717, 1.165) is 22.3 Å². The Kier molecular flexibility index (Phi) is 2.30. The number of rotatable bonds is 1. The van der Waals surface area contributed by atoms with Gasteiger partial charge in [-0.1, -0.05) is 17.7 Å². The minimum absolute atomic E-state index is 0.679. The molecule has 2 heterocycles. The molecule has 3 aromatic rings. The van der Waals surface area contributed by atoms with Gasteiger partial charge in [0.15, 0.2) is 5.82 Å². The fourth-order valence-corrected chi connectivity index (χ4v) is 1.95. The molecule has 2 aromatic heterocycles. The van der Waals surface area contributed by atoms with E-state index in [1.807, 2.05) is 25.1 Å². The van der Waals surface area contributed by atoms with Crippen LogP contribution in [-0.2, 0) is 0 Å². The van der Waals surface area contributed by atoms with Crippen LogP contribution in [-0.4, -0.2) is 19.7 Å². The number of benzene rings is 1. The van der Waals surface area contributed by atoms with Crippen molar-refractivity contribution in [2.75, 3.05) is 0 Å². The van der Waals surface area contributed by atoms with E-state index in [0.29, 0.717) is 5.02 Å². The summed E-state index contributed by atoms with van der Waals surface area (Å²) in [7, 11) is 0. The van der Waals surface area contributed by atoms with E-state index in [-0.39, 0.29) is 0 Å². The van der Waals surface area contributed by atoms with Crippen molar-refractivity contribution in [3.05, 3.63) is 47.5 Å². The first-order valence-electron chi connectivity index (χ1n) is 5.16. The van der Waals surface area contributed by atoms with Gasteiger partial charge in [0, 0.05) is 10.4 Å². The van der Waals surface area contributed by atoms with Crippen LogP contribution in [0.15, 0.2) is 36.9 Å². The summed E-state index contributed by atoms with van der Waals surface area (Å²) in [5, 5.41) is 5.83. The van der Waals surface area contributed by atoms with Gasteiger partial charge in [-0.15, -0.1) is 0 Å². The number of aromatic nitrogens is 4. The van der Waals surface area contributed by atoms with E-state index in [2.05, 4.69) is 21.1 Å². The summed E-state index contributed by atoms with van der Waals surface area (Å²) >= 11 is 5.96. The third-order valence-corrected chi connectivity index (χ3v) is 2.81. The molecule has 0 amide bonds. The van der Waals surface area contributed by atoms with Crippen molar-refractivity contribution < 1.29 is 0 Å². The smallest absolute Gasteiger partial charge is 0.158 e. The Balaban J connectivity index is 2.29. The molecular formula is C12H9ClN4. The molecule has 3 rings (SSSR count). The summed E-state index contributed by atoms with van der Waals surface area (Å²) in [5.74, 6) is 0.775. The normalized spacial score (nSPS) is 10.9. The van der Waals surface area contributed by atoms with E-state index in [1.54, 1.807) is 11.0 Å². The standard InChI is InChI=1S/C12H9ClN4/c1-8-4-9-2-3-10(13)5-11(9)16-12(8)17-7-14-6-15-17/h2-7H,1H3. The Bertz CT molecular complexity index is 676. The van der Waals surface area contributed by atoms with Crippen LogP contribution in [0.2, 0.25) is 5.02 Å². The molecule has 0 fully saturated rings. The largest absolute Gasteiger partial charge is 0.228 e. The highest BCUT2D eigenvalue weighted by molar-refractivity contribution is 6.31. The van der Waals surface area contributed by atoms with Crippen LogP contribution in [0.25, 0.3) is 16.7 Å². The van der Waals surface area contributed by atoms with Crippen molar-refractivity contribution in [1.82, 2.24) is 19.7 Å². The van der Waals surface area contributed by atoms with Crippen molar-refractivity contribution in [1.29, 1.82) is 0 Å². The first-order valence-corrected chi connectivity index (χ1v) is 5.54. The minimum Gasteiger partial charge on any atom is -0.228 e. The summed E-state index contributed by atoms with van der Waals surface area (Å²) in [5.41, 5.74) is 1.90. The second-order valence-corrected chi connectivity index (χ2v) is 4.24. The average Bonchev–Trinajstić information content (AvgIpc) is 2.82. The first-order chi connectivity index (χ1) is 8.24. The highest BCUT2D eigenvalue weighted by Crippen LogP contribution is 2.21. The maximum absolute atomic E-state index is 5.96. The molecule has 0 unspecified atom stereocenters. The second kappa shape index (κ2) is 3.82. The van der Waals surface area contributed by atoms with E-state index in [1.165, 1.54) is 6.33 Å². The third-order valence-electron chi connectivity index (χ3n) is 2.58. The minimum atomic E-state index is 0.679. The molecule has 0 aliphatic carbocycles. The second-order valence-electron chi connectivity index (χ2n) is 3.81. The molecule has 17 heavy (non-hydrogen) atoms. The van der Waals surface area contributed by atoms with E-state index in [4.69, 9.17) is 11.6 Å². The molecule has 0 saturated carbocycles. The lowest BCUT2D eigenvalue weighted by molar-refractivity contribution is 0.842. The van der Waals surface area contributed by atoms with Gasteiger partial charge in [-0.05, 0) is 30.7 Å². The fourth-order valence-electron chi connectivity index (χ4n) is 1.79. The summed E-state index contributed by atoms with van der Waals surface area (Å²) in [4.78, 5) is 8.48. The Morgan fingerprint density at radius 2 is 2.12 bits per heavy atom. The number of aryl methyl sites for hydroxylation is 1. The van der Waals surface area contributed by atoms with Gasteiger partial charge >= 0.3 is 0 Å². The summed E-state index contributed by atoms with van der Waals surface area (Å²) in [6.07, 6.45) is 3.12.